The Morgan fingerprint density at radius 2 is 1.26 bits per heavy atom. The van der Waals surface area contributed by atoms with Crippen molar-refractivity contribution in [2.24, 2.45) is 0 Å². The van der Waals surface area contributed by atoms with E-state index < -0.39 is 0 Å². The van der Waals surface area contributed by atoms with Gasteiger partial charge < -0.3 is 14.7 Å². The van der Waals surface area contributed by atoms with Crippen molar-refractivity contribution in [3.8, 4) is 11.5 Å². The Kier molecular flexibility index (Phi) is 7.42. The SMILES string of the molecule is COc1ccc(/C=[N+](\[O-])c2ccccc2)cc1.COc1ccc(C2ON2c2ccccc2)cc1. The third-order valence-electron chi connectivity index (χ3n) is 5.19. The first-order valence-electron chi connectivity index (χ1n) is 10.8. The molecule has 4 aromatic rings. The molecule has 1 fully saturated rings. The molecule has 4 aromatic carbocycles. The Bertz CT molecular complexity index is 1190. The van der Waals surface area contributed by atoms with Crippen LogP contribution in [0.15, 0.2) is 109 Å². The van der Waals surface area contributed by atoms with Crippen LogP contribution in [-0.4, -0.2) is 25.2 Å². The van der Waals surface area contributed by atoms with Gasteiger partial charge in [0.1, 0.15) is 11.5 Å². The summed E-state index contributed by atoms with van der Waals surface area (Å²) in [6.45, 7) is 0. The van der Waals surface area contributed by atoms with Crippen molar-refractivity contribution in [2.45, 2.75) is 6.23 Å². The summed E-state index contributed by atoms with van der Waals surface area (Å²) in [5.74, 6) is 1.64. The van der Waals surface area contributed by atoms with Gasteiger partial charge in [0.25, 0.3) is 0 Å². The molecule has 1 aliphatic heterocycles. The topological polar surface area (TPSA) is 60.1 Å². The van der Waals surface area contributed by atoms with Crippen LogP contribution in [0.4, 0.5) is 11.4 Å². The zero-order valence-electron chi connectivity index (χ0n) is 19.1. The van der Waals surface area contributed by atoms with Crippen LogP contribution in [0.3, 0.4) is 0 Å². The van der Waals surface area contributed by atoms with Crippen LogP contribution in [0.1, 0.15) is 17.4 Å². The summed E-state index contributed by atoms with van der Waals surface area (Å²) < 4.78 is 11.0. The molecule has 172 valence electrons. The zero-order valence-corrected chi connectivity index (χ0v) is 19.1. The normalized spacial score (nSPS) is 14.6. The van der Waals surface area contributed by atoms with Gasteiger partial charge in [-0.05, 0) is 48.5 Å². The van der Waals surface area contributed by atoms with Gasteiger partial charge >= 0.3 is 0 Å². The number of hydroxylamine groups is 1. The van der Waals surface area contributed by atoms with Crippen molar-refractivity contribution in [1.29, 1.82) is 0 Å². The van der Waals surface area contributed by atoms with Crippen molar-refractivity contribution in [1.82, 2.24) is 0 Å². The van der Waals surface area contributed by atoms with E-state index in [1.165, 1.54) is 6.21 Å². The molecule has 6 nitrogen and oxygen atoms in total. The highest BCUT2D eigenvalue weighted by Crippen LogP contribution is 2.41. The first-order valence-corrected chi connectivity index (χ1v) is 10.8. The average molecular weight is 455 g/mol. The van der Waals surface area contributed by atoms with E-state index in [1.807, 2.05) is 102 Å². The van der Waals surface area contributed by atoms with Crippen LogP contribution >= 0.6 is 0 Å². The summed E-state index contributed by atoms with van der Waals surface area (Å²) in [7, 11) is 3.28. The molecule has 6 heteroatoms. The molecule has 1 heterocycles. The van der Waals surface area contributed by atoms with Crippen LogP contribution < -0.4 is 14.5 Å². The molecule has 1 unspecified atom stereocenters. The molecule has 0 N–H and O–H groups in total. The van der Waals surface area contributed by atoms with Crippen LogP contribution in [0.5, 0.6) is 11.5 Å². The minimum atomic E-state index is 0.0308. The molecule has 1 atom stereocenters. The van der Waals surface area contributed by atoms with E-state index in [-0.39, 0.29) is 6.23 Å². The second-order valence-corrected chi connectivity index (χ2v) is 7.46. The fraction of sp³-hybridized carbons (Fsp3) is 0.107. The monoisotopic (exact) mass is 454 g/mol. The molecule has 0 bridgehead atoms. The molecular formula is C28H26N2O4. The van der Waals surface area contributed by atoms with Gasteiger partial charge in [0.05, 0.1) is 19.9 Å². The Hall–Kier alpha value is -4.29. The van der Waals surface area contributed by atoms with Gasteiger partial charge in [0.2, 0.25) is 11.9 Å². The lowest BCUT2D eigenvalue weighted by atomic mass is 10.2. The molecule has 0 aromatic heterocycles. The lowest BCUT2D eigenvalue weighted by Crippen LogP contribution is -1.98. The van der Waals surface area contributed by atoms with E-state index in [9.17, 15) is 5.21 Å². The number of ether oxygens (including phenoxy) is 2. The molecule has 0 saturated carbocycles. The summed E-state index contributed by atoms with van der Waals surface area (Å²) in [6, 6.07) is 34.4. The number of hydrogen-bond donors (Lipinski definition) is 0. The second-order valence-electron chi connectivity index (χ2n) is 7.46. The third kappa shape index (κ3) is 5.94. The van der Waals surface area contributed by atoms with Crippen molar-refractivity contribution in [2.75, 3.05) is 19.3 Å². The van der Waals surface area contributed by atoms with E-state index in [2.05, 4.69) is 0 Å². The van der Waals surface area contributed by atoms with E-state index >= 15 is 0 Å². The molecule has 5 rings (SSSR count). The highest BCUT2D eigenvalue weighted by Gasteiger charge is 2.38. The van der Waals surface area contributed by atoms with Gasteiger partial charge in [-0.2, -0.15) is 4.74 Å². The minimum absolute atomic E-state index is 0.0308. The van der Waals surface area contributed by atoms with Crippen LogP contribution in [-0.2, 0) is 4.84 Å². The van der Waals surface area contributed by atoms with Gasteiger partial charge in [0, 0.05) is 23.3 Å². The standard InChI is InChI=1S/2C14H13NO2/c1-16-13-9-7-11(8-10-13)14-15(17-14)12-5-3-2-4-6-12;1-17-14-9-7-12(8-10-14)11-15(16)13-5-3-2-4-6-13/h2-10,14H,1H3;2-11H,1H3/b;15-11-. The lowest BCUT2D eigenvalue weighted by Gasteiger charge is -2.03. The average Bonchev–Trinajstić information content (AvgIpc) is 3.72. The number of rotatable bonds is 6. The summed E-state index contributed by atoms with van der Waals surface area (Å²) in [5.41, 5.74) is 3.66. The zero-order chi connectivity index (χ0) is 23.8. The van der Waals surface area contributed by atoms with Gasteiger partial charge in [-0.1, -0.05) is 48.5 Å². The van der Waals surface area contributed by atoms with Crippen molar-refractivity contribution >= 4 is 17.6 Å². The predicted molar refractivity (Wildman–Crippen MR) is 134 cm³/mol. The number of benzene rings is 4. The van der Waals surface area contributed by atoms with E-state index in [1.54, 1.807) is 26.4 Å². The van der Waals surface area contributed by atoms with E-state index in [0.29, 0.717) is 5.69 Å². The molecule has 0 radical (unpaired) electrons. The lowest BCUT2D eigenvalue weighted by molar-refractivity contribution is -0.354. The van der Waals surface area contributed by atoms with Gasteiger partial charge in [-0.3, -0.25) is 0 Å². The molecular weight excluding hydrogens is 428 g/mol. The van der Waals surface area contributed by atoms with E-state index in [0.717, 1.165) is 33.1 Å². The third-order valence-corrected chi connectivity index (χ3v) is 5.19. The fourth-order valence-corrected chi connectivity index (χ4v) is 3.29. The Balaban J connectivity index is 0.000000161. The maximum Gasteiger partial charge on any atom is 0.216 e. The first-order chi connectivity index (χ1) is 16.7. The number of anilines is 1. The summed E-state index contributed by atoms with van der Waals surface area (Å²) in [4.78, 5) is 5.56. The predicted octanol–water partition coefficient (Wildman–Crippen LogP) is 6.10. The summed E-state index contributed by atoms with van der Waals surface area (Å²) >= 11 is 0. The first kappa shape index (κ1) is 22.9. The largest absolute Gasteiger partial charge is 0.618 e. The molecule has 0 spiro atoms. The molecule has 0 aliphatic carbocycles. The number of para-hydroxylation sites is 2. The number of nitrogens with zero attached hydrogens (tertiary/aromatic N) is 2. The quantitative estimate of drug-likeness (QED) is 0.116. The van der Waals surface area contributed by atoms with Gasteiger partial charge in [-0.25, -0.2) is 9.90 Å². The summed E-state index contributed by atoms with van der Waals surface area (Å²) in [5, 5.41) is 13.7. The maximum atomic E-state index is 11.8. The number of methoxy groups -OCH3 is 2. The van der Waals surface area contributed by atoms with E-state index in [4.69, 9.17) is 14.3 Å². The number of hydrogen-bond acceptors (Lipinski definition) is 5. The Morgan fingerprint density at radius 1 is 0.735 bits per heavy atom. The Labute approximate surface area is 199 Å². The maximum absolute atomic E-state index is 11.8. The van der Waals surface area contributed by atoms with Crippen molar-refractivity contribution in [3.05, 3.63) is 126 Å². The van der Waals surface area contributed by atoms with Gasteiger partial charge in [-0.15, -0.1) is 0 Å². The Morgan fingerprint density at radius 3 is 1.82 bits per heavy atom. The molecule has 0 amide bonds. The van der Waals surface area contributed by atoms with Crippen molar-refractivity contribution < 1.29 is 19.1 Å². The van der Waals surface area contributed by atoms with Crippen LogP contribution in [0.2, 0.25) is 0 Å². The highest BCUT2D eigenvalue weighted by molar-refractivity contribution is 5.76. The second kappa shape index (κ2) is 11.0. The van der Waals surface area contributed by atoms with Gasteiger partial charge in [0.15, 0.2) is 6.21 Å². The molecule has 34 heavy (non-hydrogen) atoms. The fourth-order valence-electron chi connectivity index (χ4n) is 3.29. The smallest absolute Gasteiger partial charge is 0.216 e. The summed E-state index contributed by atoms with van der Waals surface area (Å²) in [6.07, 6.45) is 1.57. The molecule has 1 saturated heterocycles. The van der Waals surface area contributed by atoms with Crippen LogP contribution in [0.25, 0.3) is 0 Å². The highest BCUT2D eigenvalue weighted by atomic mass is 16.8. The minimum Gasteiger partial charge on any atom is -0.618 e. The van der Waals surface area contributed by atoms with Crippen LogP contribution in [0, 0.1) is 5.21 Å². The molecule has 1 aliphatic rings. The van der Waals surface area contributed by atoms with Crippen molar-refractivity contribution in [3.63, 3.8) is 0 Å².